The van der Waals surface area contributed by atoms with E-state index in [2.05, 4.69) is 10.2 Å². The third-order valence-electron chi connectivity index (χ3n) is 5.74. The quantitative estimate of drug-likeness (QED) is 0.277. The summed E-state index contributed by atoms with van der Waals surface area (Å²) in [5.74, 6) is -0.735. The number of aromatic nitrogens is 2. The number of ketones is 1. The van der Waals surface area contributed by atoms with Gasteiger partial charge in [0.15, 0.2) is 17.3 Å². The monoisotopic (exact) mass is 533 g/mol. The second kappa shape index (κ2) is 10.5. The van der Waals surface area contributed by atoms with Gasteiger partial charge in [-0.25, -0.2) is 0 Å². The molecule has 0 saturated carbocycles. The van der Waals surface area contributed by atoms with E-state index in [4.69, 9.17) is 9.47 Å². The van der Waals surface area contributed by atoms with Gasteiger partial charge in [-0.1, -0.05) is 53.8 Å². The molecule has 1 aliphatic rings. The summed E-state index contributed by atoms with van der Waals surface area (Å²) in [6.45, 7) is 4.37. The topological polar surface area (TPSA) is 102 Å². The number of nitrogens with zero attached hydrogens (tertiary/aromatic N) is 3. The van der Waals surface area contributed by atoms with Crippen molar-refractivity contribution >= 4 is 39.5 Å². The maximum absolute atomic E-state index is 13.5. The summed E-state index contributed by atoms with van der Waals surface area (Å²) < 4.78 is 11.9. The molecule has 4 aromatic rings. The fourth-order valence-corrected chi connectivity index (χ4v) is 5.48. The number of aliphatic hydroxyl groups is 1. The van der Waals surface area contributed by atoms with Crippen molar-refractivity contribution in [3.63, 3.8) is 0 Å². The number of rotatable bonds is 9. The van der Waals surface area contributed by atoms with Gasteiger partial charge in [0.1, 0.15) is 11.6 Å². The van der Waals surface area contributed by atoms with Gasteiger partial charge in [-0.2, -0.15) is 0 Å². The lowest BCUT2D eigenvalue weighted by molar-refractivity contribution is -0.117. The van der Waals surface area contributed by atoms with E-state index in [1.165, 1.54) is 27.6 Å². The van der Waals surface area contributed by atoms with Crippen molar-refractivity contribution in [3.8, 4) is 11.5 Å². The van der Waals surface area contributed by atoms with Crippen LogP contribution >= 0.6 is 22.7 Å². The maximum atomic E-state index is 13.5. The Morgan fingerprint density at radius 2 is 1.86 bits per heavy atom. The first-order valence-electron chi connectivity index (χ1n) is 11.6. The molecule has 2 aromatic carbocycles. The van der Waals surface area contributed by atoms with E-state index < -0.39 is 23.5 Å². The Morgan fingerprint density at radius 1 is 1.05 bits per heavy atom. The van der Waals surface area contributed by atoms with Crippen LogP contribution in [0.15, 0.2) is 77.4 Å². The molecular weight excluding hydrogens is 510 g/mol. The number of benzene rings is 2. The van der Waals surface area contributed by atoms with Gasteiger partial charge in [0.05, 0.1) is 23.1 Å². The molecule has 0 radical (unpaired) electrons. The number of Topliss-reactive ketones (excluding diaryl/α,β-unsaturated/α-hetero) is 1. The van der Waals surface area contributed by atoms with Gasteiger partial charge in [-0.15, -0.1) is 21.5 Å². The van der Waals surface area contributed by atoms with E-state index in [9.17, 15) is 14.7 Å². The molecule has 8 nitrogen and oxygen atoms in total. The zero-order valence-electron chi connectivity index (χ0n) is 20.1. The molecule has 5 rings (SSSR count). The fourth-order valence-electron chi connectivity index (χ4n) is 4.09. The van der Waals surface area contributed by atoms with Gasteiger partial charge in [0, 0.05) is 0 Å². The Balaban J connectivity index is 1.57. The summed E-state index contributed by atoms with van der Waals surface area (Å²) in [6.07, 6.45) is 0. The highest BCUT2D eigenvalue weighted by Crippen LogP contribution is 2.45. The summed E-state index contributed by atoms with van der Waals surface area (Å²) in [4.78, 5) is 28.5. The molecular formula is C27H23N3O5S2. The molecule has 0 unspecified atom stereocenters. The highest BCUT2D eigenvalue weighted by molar-refractivity contribution is 7.15. The van der Waals surface area contributed by atoms with E-state index in [0.717, 1.165) is 5.56 Å². The second-order valence-electron chi connectivity index (χ2n) is 8.16. The van der Waals surface area contributed by atoms with E-state index in [-0.39, 0.29) is 10.7 Å². The molecule has 2 aromatic heterocycles. The molecule has 188 valence electrons. The van der Waals surface area contributed by atoms with Crippen molar-refractivity contribution in [3.05, 3.63) is 98.4 Å². The molecule has 0 spiro atoms. The molecule has 1 amide bonds. The summed E-state index contributed by atoms with van der Waals surface area (Å²) >= 11 is 2.45. The first kappa shape index (κ1) is 24.7. The maximum Gasteiger partial charge on any atom is 0.296 e. The minimum absolute atomic E-state index is 0.0132. The zero-order chi connectivity index (χ0) is 25.9. The average Bonchev–Trinajstić information content (AvgIpc) is 3.65. The number of carbonyl (C=O) groups is 2. The molecule has 37 heavy (non-hydrogen) atoms. The van der Waals surface area contributed by atoms with Crippen LogP contribution in [0.25, 0.3) is 0 Å². The van der Waals surface area contributed by atoms with Crippen LogP contribution in [0.5, 0.6) is 11.5 Å². The van der Waals surface area contributed by atoms with Crippen LogP contribution in [-0.4, -0.2) is 33.6 Å². The first-order valence-corrected chi connectivity index (χ1v) is 13.3. The SMILES string of the molecule is CCOc1cc([C@@H]2C(C(=O)c3cccs3)=C(O)C(=O)N2c2nnc(C)s2)ccc1OCc1ccccc1. The number of aryl methyl sites for hydroxylation is 1. The Hall–Kier alpha value is -4.02. The Kier molecular flexibility index (Phi) is 7.02. The van der Waals surface area contributed by atoms with Gasteiger partial charge in [0.2, 0.25) is 10.9 Å². The van der Waals surface area contributed by atoms with Crippen molar-refractivity contribution in [2.45, 2.75) is 26.5 Å². The third kappa shape index (κ3) is 4.85. The van der Waals surface area contributed by atoms with Crippen molar-refractivity contribution < 1.29 is 24.2 Å². The van der Waals surface area contributed by atoms with Gasteiger partial charge in [-0.05, 0) is 48.6 Å². The number of hydrogen-bond donors (Lipinski definition) is 1. The lowest BCUT2D eigenvalue weighted by Gasteiger charge is -2.25. The molecule has 10 heteroatoms. The van der Waals surface area contributed by atoms with E-state index in [1.807, 2.05) is 37.3 Å². The number of hydrogen-bond acceptors (Lipinski definition) is 9. The molecule has 0 saturated heterocycles. The van der Waals surface area contributed by atoms with E-state index in [0.29, 0.717) is 40.2 Å². The second-order valence-corrected chi connectivity index (χ2v) is 10.3. The lowest BCUT2D eigenvalue weighted by atomic mass is 9.95. The number of anilines is 1. The largest absolute Gasteiger partial charge is 0.503 e. The number of ether oxygens (including phenoxy) is 2. The Labute approximate surface area is 221 Å². The number of aliphatic hydroxyl groups excluding tert-OH is 1. The smallest absolute Gasteiger partial charge is 0.296 e. The van der Waals surface area contributed by atoms with Crippen LogP contribution in [0, 0.1) is 6.92 Å². The molecule has 1 atom stereocenters. The summed E-state index contributed by atoms with van der Waals surface area (Å²) in [5.41, 5.74) is 1.56. The van der Waals surface area contributed by atoms with Gasteiger partial charge >= 0.3 is 0 Å². The molecule has 1 N–H and O–H groups in total. The summed E-state index contributed by atoms with van der Waals surface area (Å²) in [5, 5.41) is 21.8. The number of amides is 1. The molecule has 0 bridgehead atoms. The third-order valence-corrected chi connectivity index (χ3v) is 7.45. The van der Waals surface area contributed by atoms with Gasteiger partial charge in [-0.3, -0.25) is 14.5 Å². The molecule has 1 aliphatic heterocycles. The summed E-state index contributed by atoms with van der Waals surface area (Å²) in [7, 11) is 0. The number of carbonyl (C=O) groups excluding carboxylic acids is 2. The van der Waals surface area contributed by atoms with E-state index in [1.54, 1.807) is 42.6 Å². The predicted octanol–water partition coefficient (Wildman–Crippen LogP) is 5.67. The fraction of sp³-hybridized carbons (Fsp3) is 0.185. The highest BCUT2D eigenvalue weighted by Gasteiger charge is 2.46. The minimum atomic E-state index is -0.920. The molecule has 0 fully saturated rings. The van der Waals surface area contributed by atoms with Crippen molar-refractivity contribution in [2.75, 3.05) is 11.5 Å². The lowest BCUT2D eigenvalue weighted by Crippen LogP contribution is -2.31. The van der Waals surface area contributed by atoms with Crippen LogP contribution in [0.1, 0.15) is 38.8 Å². The van der Waals surface area contributed by atoms with Crippen LogP contribution in [0.2, 0.25) is 0 Å². The van der Waals surface area contributed by atoms with Crippen molar-refractivity contribution in [1.82, 2.24) is 10.2 Å². The summed E-state index contributed by atoms with van der Waals surface area (Å²) in [6, 6.07) is 17.5. The van der Waals surface area contributed by atoms with Crippen LogP contribution in [0.4, 0.5) is 5.13 Å². The van der Waals surface area contributed by atoms with Crippen molar-refractivity contribution in [1.29, 1.82) is 0 Å². The van der Waals surface area contributed by atoms with Crippen molar-refractivity contribution in [2.24, 2.45) is 0 Å². The minimum Gasteiger partial charge on any atom is -0.503 e. The van der Waals surface area contributed by atoms with Crippen LogP contribution in [-0.2, 0) is 11.4 Å². The molecule has 3 heterocycles. The van der Waals surface area contributed by atoms with E-state index >= 15 is 0 Å². The normalized spacial score (nSPS) is 15.4. The highest BCUT2D eigenvalue weighted by atomic mass is 32.1. The standard InChI is InChI=1S/C27H23N3O5S2/c1-3-34-20-14-18(11-12-19(20)35-15-17-8-5-4-6-9-17)23-22(24(31)21-10-7-13-36-21)25(32)26(33)30(23)27-29-28-16(2)37-27/h4-14,23,32H,3,15H2,1-2H3/t23-/m1/s1. The Morgan fingerprint density at radius 3 is 2.54 bits per heavy atom. The van der Waals surface area contributed by atoms with Gasteiger partial charge < -0.3 is 14.6 Å². The zero-order valence-corrected chi connectivity index (χ0v) is 21.7. The predicted molar refractivity (Wildman–Crippen MR) is 142 cm³/mol. The molecule has 0 aliphatic carbocycles. The number of thiophene rings is 1. The van der Waals surface area contributed by atoms with Crippen LogP contribution < -0.4 is 14.4 Å². The average molecular weight is 534 g/mol. The Bertz CT molecular complexity index is 1460. The van der Waals surface area contributed by atoms with Crippen LogP contribution in [0.3, 0.4) is 0 Å². The first-order chi connectivity index (χ1) is 18.0. The van der Waals surface area contributed by atoms with Gasteiger partial charge in [0.25, 0.3) is 5.91 Å².